The summed E-state index contributed by atoms with van der Waals surface area (Å²) < 4.78 is 0. The quantitative estimate of drug-likeness (QED) is 0.626. The van der Waals surface area contributed by atoms with Gasteiger partial charge in [-0.15, -0.1) is 0 Å². The molecule has 1 aliphatic carbocycles. The van der Waals surface area contributed by atoms with E-state index in [4.69, 9.17) is 0 Å². The lowest BCUT2D eigenvalue weighted by atomic mass is 9.76. The van der Waals surface area contributed by atoms with Gasteiger partial charge >= 0.3 is 0 Å². The second kappa shape index (κ2) is 4.61. The van der Waals surface area contributed by atoms with Gasteiger partial charge in [-0.3, -0.25) is 10.1 Å². The van der Waals surface area contributed by atoms with Crippen LogP contribution in [0.1, 0.15) is 31.2 Å². The van der Waals surface area contributed by atoms with Gasteiger partial charge in [0.25, 0.3) is 5.69 Å². The van der Waals surface area contributed by atoms with E-state index in [1.165, 1.54) is 0 Å². The molecule has 86 valence electrons. The molecule has 0 aliphatic heterocycles. The molecule has 0 atom stereocenters. The Kier molecular flexibility index (Phi) is 3.19. The van der Waals surface area contributed by atoms with Gasteiger partial charge in [-0.1, -0.05) is 19.1 Å². The van der Waals surface area contributed by atoms with E-state index in [-0.39, 0.29) is 10.6 Å². The van der Waals surface area contributed by atoms with Gasteiger partial charge in [0, 0.05) is 18.2 Å². The summed E-state index contributed by atoms with van der Waals surface area (Å²) in [6.45, 7) is 3.09. The molecule has 0 bridgehead atoms. The van der Waals surface area contributed by atoms with Crippen molar-refractivity contribution < 1.29 is 4.92 Å². The van der Waals surface area contributed by atoms with E-state index >= 15 is 0 Å². The predicted octanol–water partition coefficient (Wildman–Crippen LogP) is 2.45. The van der Waals surface area contributed by atoms with Gasteiger partial charge < -0.3 is 5.32 Å². The number of hydrogen-bond acceptors (Lipinski definition) is 3. The molecule has 0 heterocycles. The summed E-state index contributed by atoms with van der Waals surface area (Å²) in [5, 5.41) is 14.0. The molecule has 1 fully saturated rings. The fourth-order valence-electron chi connectivity index (χ4n) is 2.24. The number of nitro groups is 1. The number of nitrogens with one attached hydrogen (secondary N) is 1. The molecule has 0 aromatic heterocycles. The summed E-state index contributed by atoms with van der Waals surface area (Å²) in [5.74, 6) is 0.490. The van der Waals surface area contributed by atoms with E-state index in [0.717, 1.165) is 24.9 Å². The first kappa shape index (κ1) is 11.1. The zero-order valence-electron chi connectivity index (χ0n) is 9.35. The number of non-ortho nitro benzene ring substituents is 1. The third kappa shape index (κ3) is 2.22. The fraction of sp³-hybridized carbons (Fsp3) is 0.500. The Labute approximate surface area is 94.8 Å². The third-order valence-electron chi connectivity index (χ3n) is 3.18. The smallest absolute Gasteiger partial charge is 0.269 e. The molecular formula is C12H16N2O2. The van der Waals surface area contributed by atoms with Crippen molar-refractivity contribution in [3.05, 3.63) is 39.9 Å². The molecule has 16 heavy (non-hydrogen) atoms. The molecule has 1 saturated carbocycles. The van der Waals surface area contributed by atoms with Gasteiger partial charge in [0.1, 0.15) is 0 Å². The average Bonchev–Trinajstić information content (AvgIpc) is 2.23. The molecule has 4 nitrogen and oxygen atoms in total. The van der Waals surface area contributed by atoms with Crippen molar-refractivity contribution in [2.75, 3.05) is 6.54 Å². The molecule has 1 aromatic carbocycles. The van der Waals surface area contributed by atoms with E-state index in [1.807, 2.05) is 6.07 Å². The number of rotatable bonds is 4. The zero-order valence-corrected chi connectivity index (χ0v) is 9.35. The monoisotopic (exact) mass is 220 g/mol. The van der Waals surface area contributed by atoms with Crippen molar-refractivity contribution in [3.63, 3.8) is 0 Å². The average molecular weight is 220 g/mol. The van der Waals surface area contributed by atoms with Crippen molar-refractivity contribution in [1.29, 1.82) is 0 Å². The maximum atomic E-state index is 10.6. The van der Waals surface area contributed by atoms with Gasteiger partial charge in [-0.25, -0.2) is 0 Å². The second-order valence-corrected chi connectivity index (χ2v) is 4.28. The highest BCUT2D eigenvalue weighted by molar-refractivity contribution is 5.37. The summed E-state index contributed by atoms with van der Waals surface area (Å²) in [4.78, 5) is 10.3. The van der Waals surface area contributed by atoms with Gasteiger partial charge in [-0.2, -0.15) is 0 Å². The summed E-state index contributed by atoms with van der Waals surface area (Å²) in [6, 6.07) is 7.60. The summed E-state index contributed by atoms with van der Waals surface area (Å²) in [5.41, 5.74) is 1.30. The minimum absolute atomic E-state index is 0.199. The molecule has 0 radical (unpaired) electrons. The van der Waals surface area contributed by atoms with Gasteiger partial charge in [0.15, 0.2) is 0 Å². The molecule has 1 aliphatic rings. The van der Waals surface area contributed by atoms with Crippen LogP contribution < -0.4 is 5.32 Å². The summed E-state index contributed by atoms with van der Waals surface area (Å²) in [7, 11) is 0. The van der Waals surface area contributed by atoms with Crippen molar-refractivity contribution in [2.24, 2.45) is 0 Å². The third-order valence-corrected chi connectivity index (χ3v) is 3.18. The van der Waals surface area contributed by atoms with Crippen LogP contribution in [-0.4, -0.2) is 17.5 Å². The molecule has 0 unspecified atom stereocenters. The SMILES string of the molecule is CCNC1CC(c2cccc([N+](=O)[O-])c2)C1. The van der Waals surface area contributed by atoms with E-state index in [0.29, 0.717) is 12.0 Å². The van der Waals surface area contributed by atoms with Gasteiger partial charge in [0.2, 0.25) is 0 Å². The second-order valence-electron chi connectivity index (χ2n) is 4.28. The van der Waals surface area contributed by atoms with Crippen LogP contribution in [0.5, 0.6) is 0 Å². The highest BCUT2D eigenvalue weighted by Gasteiger charge is 2.30. The first-order valence-corrected chi connectivity index (χ1v) is 5.68. The van der Waals surface area contributed by atoms with Crippen molar-refractivity contribution in [3.8, 4) is 0 Å². The highest BCUT2D eigenvalue weighted by Crippen LogP contribution is 2.37. The molecule has 0 saturated heterocycles. The van der Waals surface area contributed by atoms with Crippen LogP contribution in [0.15, 0.2) is 24.3 Å². The number of nitro benzene ring substituents is 1. The minimum Gasteiger partial charge on any atom is -0.314 e. The van der Waals surface area contributed by atoms with Crippen LogP contribution in [-0.2, 0) is 0 Å². The Morgan fingerprint density at radius 2 is 2.25 bits per heavy atom. The molecule has 1 aromatic rings. The summed E-state index contributed by atoms with van der Waals surface area (Å²) in [6.07, 6.45) is 2.18. The zero-order chi connectivity index (χ0) is 11.5. The lowest BCUT2D eigenvalue weighted by molar-refractivity contribution is -0.384. The Balaban J connectivity index is 2.01. The molecule has 4 heteroatoms. The molecule has 0 spiro atoms. The van der Waals surface area contributed by atoms with Crippen LogP contribution in [0.2, 0.25) is 0 Å². The topological polar surface area (TPSA) is 55.2 Å². The van der Waals surface area contributed by atoms with Crippen molar-refractivity contribution in [2.45, 2.75) is 31.7 Å². The van der Waals surface area contributed by atoms with E-state index < -0.39 is 0 Å². The number of hydrogen-bond donors (Lipinski definition) is 1. The fourth-order valence-corrected chi connectivity index (χ4v) is 2.24. The lowest BCUT2D eigenvalue weighted by Crippen LogP contribution is -2.39. The molecule has 2 rings (SSSR count). The molecular weight excluding hydrogens is 204 g/mol. The number of benzene rings is 1. The Morgan fingerprint density at radius 1 is 1.50 bits per heavy atom. The van der Waals surface area contributed by atoms with Gasteiger partial charge in [0.05, 0.1) is 4.92 Å². The van der Waals surface area contributed by atoms with Crippen LogP contribution in [0.25, 0.3) is 0 Å². The standard InChI is InChI=1S/C12H16N2O2/c1-2-13-11-6-10(7-11)9-4-3-5-12(8-9)14(15)16/h3-5,8,10-11,13H,2,6-7H2,1H3. The van der Waals surface area contributed by atoms with Crippen molar-refractivity contribution in [1.82, 2.24) is 5.32 Å². The van der Waals surface area contributed by atoms with E-state index in [9.17, 15) is 10.1 Å². The van der Waals surface area contributed by atoms with Crippen LogP contribution in [0.4, 0.5) is 5.69 Å². The molecule has 0 amide bonds. The molecule has 1 N–H and O–H groups in total. The maximum Gasteiger partial charge on any atom is 0.269 e. The maximum absolute atomic E-state index is 10.6. The van der Waals surface area contributed by atoms with Crippen LogP contribution in [0.3, 0.4) is 0 Å². The Morgan fingerprint density at radius 3 is 2.88 bits per heavy atom. The van der Waals surface area contributed by atoms with Crippen LogP contribution >= 0.6 is 0 Å². The van der Waals surface area contributed by atoms with E-state index in [1.54, 1.807) is 18.2 Å². The lowest BCUT2D eigenvalue weighted by Gasteiger charge is -2.36. The Hall–Kier alpha value is -1.42. The van der Waals surface area contributed by atoms with Crippen LogP contribution in [0, 0.1) is 10.1 Å². The highest BCUT2D eigenvalue weighted by atomic mass is 16.6. The largest absolute Gasteiger partial charge is 0.314 e. The predicted molar refractivity (Wildman–Crippen MR) is 62.5 cm³/mol. The van der Waals surface area contributed by atoms with Crippen molar-refractivity contribution >= 4 is 5.69 Å². The first-order valence-electron chi connectivity index (χ1n) is 5.68. The van der Waals surface area contributed by atoms with E-state index in [2.05, 4.69) is 12.2 Å². The normalized spacial score (nSPS) is 23.8. The minimum atomic E-state index is -0.329. The summed E-state index contributed by atoms with van der Waals surface area (Å²) >= 11 is 0. The first-order chi connectivity index (χ1) is 7.70. The van der Waals surface area contributed by atoms with Gasteiger partial charge in [-0.05, 0) is 30.9 Å². The number of nitrogens with zero attached hydrogens (tertiary/aromatic N) is 1. The Bertz CT molecular complexity index is 386.